The molecule has 2 rings (SSSR count). The summed E-state index contributed by atoms with van der Waals surface area (Å²) < 4.78 is 0. The molecule has 2 fully saturated rings. The van der Waals surface area contributed by atoms with E-state index in [-0.39, 0.29) is 0 Å². The van der Waals surface area contributed by atoms with Gasteiger partial charge in [-0.3, -0.25) is 0 Å². The maximum Gasteiger partial charge on any atom is 0.0351 e. The summed E-state index contributed by atoms with van der Waals surface area (Å²) in [6, 6.07) is 0. The first-order chi connectivity index (χ1) is 6.85. The zero-order valence-corrected chi connectivity index (χ0v) is 9.86. The van der Waals surface area contributed by atoms with E-state index in [9.17, 15) is 0 Å². The van der Waals surface area contributed by atoms with E-state index >= 15 is 0 Å². The molecule has 0 amide bonds. The number of hydrogen-bond donors (Lipinski definition) is 0. The Morgan fingerprint density at radius 2 is 1.57 bits per heavy atom. The Bertz CT molecular complexity index is 165. The third kappa shape index (κ3) is 2.43. The van der Waals surface area contributed by atoms with Crippen LogP contribution in [-0.4, -0.2) is 30.4 Å². The summed E-state index contributed by atoms with van der Waals surface area (Å²) in [5.74, 6) is 0.799. The Morgan fingerprint density at radius 1 is 0.929 bits per heavy atom. The van der Waals surface area contributed by atoms with E-state index < -0.39 is 0 Å². The molecule has 0 radical (unpaired) electrons. The highest BCUT2D eigenvalue weighted by Gasteiger charge is 2.34. The molecule has 1 aliphatic heterocycles. The van der Waals surface area contributed by atoms with Gasteiger partial charge in [-0.25, -0.2) is 0 Å². The first kappa shape index (κ1) is 10.8. The molecule has 0 N–H and O–H groups in total. The smallest absolute Gasteiger partial charge is 0.0351 e. The normalized spacial score (nSPS) is 28.1. The fourth-order valence-corrected chi connectivity index (χ4v) is 3.41. The van der Waals surface area contributed by atoms with Crippen LogP contribution in [0.1, 0.15) is 44.9 Å². The number of alkyl halides is 1. The number of piperidine rings is 1. The number of likely N-dealkylation sites (tertiary alicyclic amines) is 1. The molecule has 0 aromatic carbocycles. The molecule has 0 bridgehead atoms. The highest BCUT2D eigenvalue weighted by atomic mass is 35.5. The predicted octanol–water partition coefficient (Wildman–Crippen LogP) is 3.27. The third-order valence-electron chi connectivity index (χ3n) is 4.23. The highest BCUT2D eigenvalue weighted by molar-refractivity contribution is 6.18. The standard InChI is InChI=1S/C12H22ClN/c13-8-11-14-9-6-12(7-10-14)4-2-1-3-5-12/h1-11H2. The van der Waals surface area contributed by atoms with Crippen LogP contribution in [-0.2, 0) is 0 Å². The number of hydrogen-bond acceptors (Lipinski definition) is 1. The summed E-state index contributed by atoms with van der Waals surface area (Å²) in [6.07, 6.45) is 10.3. The van der Waals surface area contributed by atoms with Gasteiger partial charge in [-0.1, -0.05) is 19.3 Å². The first-order valence-electron chi connectivity index (χ1n) is 6.13. The minimum absolute atomic E-state index is 0.751. The van der Waals surface area contributed by atoms with Gasteiger partial charge in [0.2, 0.25) is 0 Å². The van der Waals surface area contributed by atoms with Gasteiger partial charge in [0.05, 0.1) is 0 Å². The lowest BCUT2D eigenvalue weighted by Gasteiger charge is -2.44. The van der Waals surface area contributed by atoms with Crippen molar-refractivity contribution in [2.45, 2.75) is 44.9 Å². The quantitative estimate of drug-likeness (QED) is 0.640. The second-order valence-corrected chi connectivity index (χ2v) is 5.47. The third-order valence-corrected chi connectivity index (χ3v) is 4.40. The van der Waals surface area contributed by atoms with Gasteiger partial charge in [-0.15, -0.1) is 11.6 Å². The fraction of sp³-hybridized carbons (Fsp3) is 1.00. The Kier molecular flexibility index (Phi) is 3.73. The molecule has 1 saturated heterocycles. The second kappa shape index (κ2) is 4.85. The van der Waals surface area contributed by atoms with Crippen molar-refractivity contribution in [2.75, 3.05) is 25.5 Å². The lowest BCUT2D eigenvalue weighted by Crippen LogP contribution is -2.41. The molecule has 14 heavy (non-hydrogen) atoms. The van der Waals surface area contributed by atoms with E-state index in [1.54, 1.807) is 0 Å². The molecule has 1 heterocycles. The van der Waals surface area contributed by atoms with Gasteiger partial charge in [-0.05, 0) is 44.2 Å². The summed E-state index contributed by atoms with van der Waals surface area (Å²) in [5.41, 5.74) is 0.751. The van der Waals surface area contributed by atoms with Crippen molar-refractivity contribution in [3.05, 3.63) is 0 Å². The zero-order valence-electron chi connectivity index (χ0n) is 9.10. The topological polar surface area (TPSA) is 3.24 Å². The van der Waals surface area contributed by atoms with Crippen LogP contribution in [0.15, 0.2) is 0 Å². The van der Waals surface area contributed by atoms with Crippen LogP contribution in [0.3, 0.4) is 0 Å². The van der Waals surface area contributed by atoms with Gasteiger partial charge in [0.15, 0.2) is 0 Å². The van der Waals surface area contributed by atoms with Crippen LogP contribution in [0.2, 0.25) is 0 Å². The van der Waals surface area contributed by atoms with E-state index in [0.717, 1.165) is 17.8 Å². The van der Waals surface area contributed by atoms with Crippen molar-refractivity contribution >= 4 is 11.6 Å². The second-order valence-electron chi connectivity index (χ2n) is 5.09. The number of nitrogens with zero attached hydrogens (tertiary/aromatic N) is 1. The molecule has 1 spiro atoms. The van der Waals surface area contributed by atoms with Gasteiger partial charge >= 0.3 is 0 Å². The summed E-state index contributed by atoms with van der Waals surface area (Å²) in [5, 5.41) is 0. The Morgan fingerprint density at radius 3 is 2.14 bits per heavy atom. The van der Waals surface area contributed by atoms with E-state index in [1.807, 2.05) is 0 Å². The zero-order chi connectivity index (χ0) is 9.86. The summed E-state index contributed by atoms with van der Waals surface area (Å²) >= 11 is 5.77. The lowest BCUT2D eigenvalue weighted by atomic mass is 9.68. The number of halogens is 1. The van der Waals surface area contributed by atoms with Gasteiger partial charge in [0, 0.05) is 12.4 Å². The number of rotatable bonds is 2. The largest absolute Gasteiger partial charge is 0.302 e. The molecule has 0 aromatic heterocycles. The maximum absolute atomic E-state index is 5.77. The van der Waals surface area contributed by atoms with E-state index in [2.05, 4.69) is 4.90 Å². The molecule has 0 atom stereocenters. The molecule has 1 nitrogen and oxygen atoms in total. The summed E-state index contributed by atoms with van der Waals surface area (Å²) in [4.78, 5) is 2.53. The van der Waals surface area contributed by atoms with Crippen LogP contribution in [0.4, 0.5) is 0 Å². The Labute approximate surface area is 92.8 Å². The average molecular weight is 216 g/mol. The minimum Gasteiger partial charge on any atom is -0.302 e. The average Bonchev–Trinajstić information content (AvgIpc) is 2.24. The van der Waals surface area contributed by atoms with Crippen molar-refractivity contribution in [3.63, 3.8) is 0 Å². The van der Waals surface area contributed by atoms with Crippen molar-refractivity contribution in [2.24, 2.45) is 5.41 Å². The summed E-state index contributed by atoms with van der Waals surface area (Å²) in [6.45, 7) is 3.69. The first-order valence-corrected chi connectivity index (χ1v) is 6.66. The molecule has 2 heteroatoms. The lowest BCUT2D eigenvalue weighted by molar-refractivity contribution is 0.0710. The van der Waals surface area contributed by atoms with E-state index in [0.29, 0.717) is 0 Å². The molecular formula is C12H22ClN. The summed E-state index contributed by atoms with van der Waals surface area (Å²) in [7, 11) is 0. The maximum atomic E-state index is 5.77. The van der Waals surface area contributed by atoms with Gasteiger partial charge < -0.3 is 4.90 Å². The SMILES string of the molecule is ClCCN1CCC2(CCCCC2)CC1. The van der Waals surface area contributed by atoms with Gasteiger partial charge in [-0.2, -0.15) is 0 Å². The van der Waals surface area contributed by atoms with Gasteiger partial charge in [0.1, 0.15) is 0 Å². The Balaban J connectivity index is 1.81. The fourth-order valence-electron chi connectivity index (χ4n) is 3.17. The molecule has 82 valence electrons. The molecular weight excluding hydrogens is 194 g/mol. The van der Waals surface area contributed by atoms with Crippen LogP contribution in [0.5, 0.6) is 0 Å². The van der Waals surface area contributed by atoms with E-state index in [1.165, 1.54) is 58.0 Å². The minimum atomic E-state index is 0.751. The van der Waals surface area contributed by atoms with Crippen molar-refractivity contribution in [1.29, 1.82) is 0 Å². The predicted molar refractivity (Wildman–Crippen MR) is 61.9 cm³/mol. The van der Waals surface area contributed by atoms with E-state index in [4.69, 9.17) is 11.6 Å². The monoisotopic (exact) mass is 215 g/mol. The van der Waals surface area contributed by atoms with Crippen LogP contribution in [0.25, 0.3) is 0 Å². The molecule has 2 aliphatic rings. The van der Waals surface area contributed by atoms with Crippen LogP contribution in [0, 0.1) is 5.41 Å². The van der Waals surface area contributed by atoms with Crippen molar-refractivity contribution < 1.29 is 0 Å². The molecule has 1 aliphatic carbocycles. The molecule has 1 saturated carbocycles. The van der Waals surface area contributed by atoms with Gasteiger partial charge in [0.25, 0.3) is 0 Å². The van der Waals surface area contributed by atoms with Crippen molar-refractivity contribution in [3.8, 4) is 0 Å². The highest BCUT2D eigenvalue weighted by Crippen LogP contribution is 2.44. The molecule has 0 unspecified atom stereocenters. The Hall–Kier alpha value is 0.250. The van der Waals surface area contributed by atoms with Crippen LogP contribution >= 0.6 is 11.6 Å². The molecule has 0 aromatic rings. The van der Waals surface area contributed by atoms with Crippen molar-refractivity contribution in [1.82, 2.24) is 4.90 Å². The van der Waals surface area contributed by atoms with Crippen LogP contribution < -0.4 is 0 Å².